The highest BCUT2D eigenvalue weighted by Gasteiger charge is 2.14. The van der Waals surface area contributed by atoms with E-state index in [1.165, 1.54) is 24.3 Å². The van der Waals surface area contributed by atoms with Crippen molar-refractivity contribution in [2.45, 2.75) is 11.1 Å². The first-order chi connectivity index (χ1) is 6.68. The third kappa shape index (κ3) is 4.13. The van der Waals surface area contributed by atoms with Crippen LogP contribution < -0.4 is 0 Å². The molecule has 0 atom stereocenters. The first kappa shape index (κ1) is 12.4. The monoisotopic (exact) mass is 250 g/mol. The van der Waals surface area contributed by atoms with Crippen molar-refractivity contribution in [3.8, 4) is 0 Å². The molecule has 1 aromatic rings. The molecule has 0 amide bonds. The molecule has 0 bridgehead atoms. The van der Waals surface area contributed by atoms with Gasteiger partial charge in [0.1, 0.15) is 0 Å². The molecular formula is C8H11O5PS. The molecule has 0 aliphatic carbocycles. The van der Waals surface area contributed by atoms with Crippen LogP contribution >= 0.6 is 7.60 Å². The van der Waals surface area contributed by atoms with Crippen molar-refractivity contribution in [1.82, 2.24) is 0 Å². The topological polar surface area (TPSA) is 91.7 Å². The van der Waals surface area contributed by atoms with Crippen molar-refractivity contribution >= 4 is 17.4 Å². The van der Waals surface area contributed by atoms with Crippen LogP contribution in [0.5, 0.6) is 0 Å². The minimum Gasteiger partial charge on any atom is -0.324 e. The lowest BCUT2D eigenvalue weighted by Gasteiger charge is -2.04. The van der Waals surface area contributed by atoms with E-state index in [-0.39, 0.29) is 11.1 Å². The molecule has 0 fully saturated rings. The summed E-state index contributed by atoms with van der Waals surface area (Å²) in [6.45, 7) is 0. The Morgan fingerprint density at radius 1 is 1.20 bits per heavy atom. The average Bonchev–Trinajstić information content (AvgIpc) is 2.00. The van der Waals surface area contributed by atoms with E-state index in [1.54, 1.807) is 0 Å². The van der Waals surface area contributed by atoms with Gasteiger partial charge in [0, 0.05) is 6.26 Å². The van der Waals surface area contributed by atoms with Gasteiger partial charge in [-0.2, -0.15) is 0 Å². The van der Waals surface area contributed by atoms with Crippen LogP contribution in [0, 0.1) is 0 Å². The Bertz CT molecular complexity index is 484. The normalized spacial score (nSPS) is 12.7. The molecule has 15 heavy (non-hydrogen) atoms. The number of benzene rings is 1. The molecule has 0 aliphatic heterocycles. The van der Waals surface area contributed by atoms with Crippen LogP contribution in [0.2, 0.25) is 0 Å². The van der Waals surface area contributed by atoms with Crippen LogP contribution in [-0.4, -0.2) is 24.5 Å². The smallest absolute Gasteiger partial charge is 0.324 e. The molecule has 0 saturated heterocycles. The lowest BCUT2D eigenvalue weighted by molar-refractivity contribution is 0.371. The molecule has 0 aliphatic rings. The van der Waals surface area contributed by atoms with Crippen molar-refractivity contribution in [2.24, 2.45) is 0 Å². The fourth-order valence-electron chi connectivity index (χ4n) is 1.08. The Kier molecular flexibility index (Phi) is 3.35. The molecule has 7 heteroatoms. The molecule has 0 aromatic heterocycles. The molecule has 2 N–H and O–H groups in total. The predicted octanol–water partition coefficient (Wildman–Crippen LogP) is 0.768. The Balaban J connectivity index is 2.97. The molecule has 84 valence electrons. The lowest BCUT2D eigenvalue weighted by atomic mass is 10.2. The lowest BCUT2D eigenvalue weighted by Crippen LogP contribution is -1.97. The van der Waals surface area contributed by atoms with E-state index in [0.29, 0.717) is 5.56 Å². The summed E-state index contributed by atoms with van der Waals surface area (Å²) in [6.07, 6.45) is 0.696. The zero-order valence-electron chi connectivity index (χ0n) is 7.99. The Morgan fingerprint density at radius 2 is 1.67 bits per heavy atom. The van der Waals surface area contributed by atoms with Gasteiger partial charge in [0.2, 0.25) is 0 Å². The van der Waals surface area contributed by atoms with Crippen molar-refractivity contribution in [3.63, 3.8) is 0 Å². The van der Waals surface area contributed by atoms with Crippen LogP contribution in [0.3, 0.4) is 0 Å². The van der Waals surface area contributed by atoms with Crippen LogP contribution in [0.15, 0.2) is 29.2 Å². The molecule has 0 saturated carbocycles. The van der Waals surface area contributed by atoms with Gasteiger partial charge < -0.3 is 9.79 Å². The maximum Gasteiger partial charge on any atom is 0.329 e. The summed E-state index contributed by atoms with van der Waals surface area (Å²) < 4.78 is 32.8. The van der Waals surface area contributed by atoms with Gasteiger partial charge >= 0.3 is 7.60 Å². The minimum atomic E-state index is -4.09. The van der Waals surface area contributed by atoms with E-state index in [2.05, 4.69) is 0 Å². The number of sulfone groups is 1. The van der Waals surface area contributed by atoms with Gasteiger partial charge in [-0.1, -0.05) is 12.1 Å². The number of hydrogen-bond donors (Lipinski definition) is 2. The second kappa shape index (κ2) is 4.06. The second-order valence-corrected chi connectivity index (χ2v) is 6.90. The number of rotatable bonds is 3. The molecule has 0 unspecified atom stereocenters. The Labute approximate surface area is 87.8 Å². The third-order valence-corrected chi connectivity index (χ3v) is 3.65. The molecule has 0 heterocycles. The summed E-state index contributed by atoms with van der Waals surface area (Å²) in [5.74, 6) is 0. The highest BCUT2D eigenvalue weighted by molar-refractivity contribution is 7.90. The average molecular weight is 250 g/mol. The fraction of sp³-hybridized carbons (Fsp3) is 0.250. The summed E-state index contributed by atoms with van der Waals surface area (Å²) in [4.78, 5) is 17.5. The van der Waals surface area contributed by atoms with Crippen molar-refractivity contribution < 1.29 is 22.8 Å². The standard InChI is InChI=1S/C8H11O5PS/c1-15(12,13)8-4-2-7(3-5-8)6-14(9,10)11/h2-5H,6H2,1H3,(H2,9,10,11). The van der Waals surface area contributed by atoms with Gasteiger partial charge in [0.15, 0.2) is 9.84 Å². The second-order valence-electron chi connectivity index (χ2n) is 3.24. The summed E-state index contributed by atoms with van der Waals surface area (Å²) >= 11 is 0. The van der Waals surface area contributed by atoms with Crippen molar-refractivity contribution in [2.75, 3.05) is 6.26 Å². The van der Waals surface area contributed by atoms with Crippen LogP contribution in [0.4, 0.5) is 0 Å². The summed E-state index contributed by atoms with van der Waals surface area (Å²) in [7, 11) is -7.35. The SMILES string of the molecule is CS(=O)(=O)c1ccc(CP(=O)(O)O)cc1. The maximum absolute atomic E-state index is 11.1. The molecule has 1 rings (SSSR count). The highest BCUT2D eigenvalue weighted by atomic mass is 32.2. The summed E-state index contributed by atoms with van der Waals surface area (Å²) in [6, 6.07) is 5.46. The summed E-state index contributed by atoms with van der Waals surface area (Å²) in [5, 5.41) is 0. The molecular weight excluding hydrogens is 239 g/mol. The molecule has 1 aromatic carbocycles. The van der Waals surface area contributed by atoms with Gasteiger partial charge in [-0.3, -0.25) is 4.57 Å². The fourth-order valence-corrected chi connectivity index (χ4v) is 2.40. The molecule has 0 radical (unpaired) electrons. The largest absolute Gasteiger partial charge is 0.329 e. The Hall–Kier alpha value is -0.680. The predicted molar refractivity (Wildman–Crippen MR) is 55.3 cm³/mol. The van der Waals surface area contributed by atoms with Gasteiger partial charge in [-0.25, -0.2) is 8.42 Å². The third-order valence-electron chi connectivity index (χ3n) is 1.74. The van der Waals surface area contributed by atoms with E-state index in [1.807, 2.05) is 0 Å². The van der Waals surface area contributed by atoms with Gasteiger partial charge in [0.05, 0.1) is 11.1 Å². The first-order valence-electron chi connectivity index (χ1n) is 4.02. The minimum absolute atomic E-state index is 0.136. The van der Waals surface area contributed by atoms with Gasteiger partial charge in [-0.15, -0.1) is 0 Å². The van der Waals surface area contributed by atoms with Crippen LogP contribution in [0.25, 0.3) is 0 Å². The van der Waals surface area contributed by atoms with Crippen LogP contribution in [-0.2, 0) is 20.6 Å². The van der Waals surface area contributed by atoms with Gasteiger partial charge in [0.25, 0.3) is 0 Å². The van der Waals surface area contributed by atoms with Crippen molar-refractivity contribution in [3.05, 3.63) is 29.8 Å². The van der Waals surface area contributed by atoms with Crippen LogP contribution in [0.1, 0.15) is 5.56 Å². The molecule has 5 nitrogen and oxygen atoms in total. The zero-order valence-corrected chi connectivity index (χ0v) is 9.70. The van der Waals surface area contributed by atoms with E-state index in [4.69, 9.17) is 9.79 Å². The quantitative estimate of drug-likeness (QED) is 0.773. The first-order valence-corrected chi connectivity index (χ1v) is 7.71. The number of hydrogen-bond acceptors (Lipinski definition) is 3. The van der Waals surface area contributed by atoms with E-state index < -0.39 is 17.4 Å². The highest BCUT2D eigenvalue weighted by Crippen LogP contribution is 2.38. The molecule has 0 spiro atoms. The zero-order chi connectivity index (χ0) is 11.7. The van der Waals surface area contributed by atoms with Crippen molar-refractivity contribution in [1.29, 1.82) is 0 Å². The summed E-state index contributed by atoms with van der Waals surface area (Å²) in [5.41, 5.74) is 0.413. The van der Waals surface area contributed by atoms with E-state index in [9.17, 15) is 13.0 Å². The maximum atomic E-state index is 11.1. The van der Waals surface area contributed by atoms with E-state index in [0.717, 1.165) is 6.26 Å². The Morgan fingerprint density at radius 3 is 2.00 bits per heavy atom. The van der Waals surface area contributed by atoms with Gasteiger partial charge in [-0.05, 0) is 17.7 Å². The van der Waals surface area contributed by atoms with E-state index >= 15 is 0 Å².